The summed E-state index contributed by atoms with van der Waals surface area (Å²) in [5, 5.41) is 3.35. The number of nitrogens with one attached hydrogen (secondary N) is 1. The summed E-state index contributed by atoms with van der Waals surface area (Å²) in [6.07, 6.45) is 2.92. The molecule has 0 atom stereocenters. The Morgan fingerprint density at radius 2 is 2.11 bits per heavy atom. The molecule has 1 aromatic heterocycles. The summed E-state index contributed by atoms with van der Waals surface area (Å²) in [4.78, 5) is 4.32. The Balaban J connectivity index is 1.95. The summed E-state index contributed by atoms with van der Waals surface area (Å²) in [6, 6.07) is 12.1. The molecule has 2 aromatic rings. The minimum atomic E-state index is 0.491. The van der Waals surface area contributed by atoms with E-state index in [1.807, 2.05) is 36.5 Å². The molecule has 3 heteroatoms. The molecule has 0 aliphatic heterocycles. The van der Waals surface area contributed by atoms with E-state index in [9.17, 15) is 0 Å². The van der Waals surface area contributed by atoms with E-state index in [0.29, 0.717) is 6.61 Å². The first kappa shape index (κ1) is 13.4. The van der Waals surface area contributed by atoms with Crippen molar-refractivity contribution in [3.05, 3.63) is 53.9 Å². The lowest BCUT2D eigenvalue weighted by molar-refractivity contribution is 0.301. The second-order valence-corrected chi connectivity index (χ2v) is 4.57. The molecule has 0 unspecified atom stereocenters. The predicted octanol–water partition coefficient (Wildman–Crippen LogP) is 3.79. The van der Waals surface area contributed by atoms with Gasteiger partial charge in [-0.25, -0.2) is 0 Å². The maximum Gasteiger partial charge on any atom is 0.130 e. The fourth-order valence-corrected chi connectivity index (χ4v) is 1.80. The highest BCUT2D eigenvalue weighted by Gasteiger charge is 1.99. The van der Waals surface area contributed by atoms with E-state index in [4.69, 9.17) is 4.74 Å². The van der Waals surface area contributed by atoms with Crippen LogP contribution in [0.3, 0.4) is 0 Å². The van der Waals surface area contributed by atoms with Gasteiger partial charge in [-0.15, -0.1) is 0 Å². The second-order valence-electron chi connectivity index (χ2n) is 4.57. The zero-order valence-corrected chi connectivity index (χ0v) is 11.5. The maximum absolute atomic E-state index is 5.74. The standard InChI is InChI=1S/C16H20N2O/c1-3-8-17-14-7-9-18-15(11-14)12-19-16-6-4-5-13(2)10-16/h4-7,9-11H,3,8,12H2,1-2H3,(H,17,18). The van der Waals surface area contributed by atoms with Gasteiger partial charge in [0.15, 0.2) is 0 Å². The van der Waals surface area contributed by atoms with Crippen molar-refractivity contribution in [2.45, 2.75) is 26.9 Å². The van der Waals surface area contributed by atoms with Gasteiger partial charge in [0.2, 0.25) is 0 Å². The van der Waals surface area contributed by atoms with Crippen molar-refractivity contribution in [1.82, 2.24) is 4.98 Å². The number of nitrogens with zero attached hydrogens (tertiary/aromatic N) is 1. The first-order valence-corrected chi connectivity index (χ1v) is 6.66. The third-order valence-electron chi connectivity index (χ3n) is 2.77. The van der Waals surface area contributed by atoms with E-state index in [1.165, 1.54) is 5.56 Å². The van der Waals surface area contributed by atoms with Gasteiger partial charge in [0.05, 0.1) is 5.69 Å². The number of hydrogen-bond donors (Lipinski definition) is 1. The van der Waals surface area contributed by atoms with Crippen LogP contribution >= 0.6 is 0 Å². The molecule has 100 valence electrons. The molecule has 3 nitrogen and oxygen atoms in total. The second kappa shape index (κ2) is 6.78. The van der Waals surface area contributed by atoms with Gasteiger partial charge in [0.1, 0.15) is 12.4 Å². The largest absolute Gasteiger partial charge is 0.487 e. The average Bonchev–Trinajstić information content (AvgIpc) is 2.43. The van der Waals surface area contributed by atoms with Crippen molar-refractivity contribution < 1.29 is 4.74 Å². The first-order chi connectivity index (χ1) is 9.28. The third kappa shape index (κ3) is 4.28. The Kier molecular flexibility index (Phi) is 4.78. The van der Waals surface area contributed by atoms with Crippen LogP contribution in [-0.2, 0) is 6.61 Å². The Labute approximate surface area is 114 Å². The normalized spacial score (nSPS) is 10.2. The van der Waals surface area contributed by atoms with Gasteiger partial charge in [-0.05, 0) is 43.2 Å². The molecule has 1 N–H and O–H groups in total. The molecule has 0 saturated heterocycles. The Morgan fingerprint density at radius 3 is 2.89 bits per heavy atom. The van der Waals surface area contributed by atoms with Crippen LogP contribution in [0, 0.1) is 6.92 Å². The van der Waals surface area contributed by atoms with Crippen LogP contribution in [-0.4, -0.2) is 11.5 Å². The highest BCUT2D eigenvalue weighted by molar-refractivity contribution is 5.43. The zero-order valence-electron chi connectivity index (χ0n) is 11.5. The SMILES string of the molecule is CCCNc1ccnc(COc2cccc(C)c2)c1. The van der Waals surface area contributed by atoms with E-state index in [0.717, 1.165) is 30.1 Å². The molecular weight excluding hydrogens is 236 g/mol. The fraction of sp³-hybridized carbons (Fsp3) is 0.312. The lowest BCUT2D eigenvalue weighted by atomic mass is 10.2. The molecule has 0 radical (unpaired) electrons. The van der Waals surface area contributed by atoms with E-state index < -0.39 is 0 Å². The minimum absolute atomic E-state index is 0.491. The molecule has 0 bridgehead atoms. The van der Waals surface area contributed by atoms with Crippen molar-refractivity contribution in [1.29, 1.82) is 0 Å². The maximum atomic E-state index is 5.74. The monoisotopic (exact) mass is 256 g/mol. The van der Waals surface area contributed by atoms with Crippen LogP contribution in [0.25, 0.3) is 0 Å². The fourth-order valence-electron chi connectivity index (χ4n) is 1.80. The zero-order chi connectivity index (χ0) is 13.5. The average molecular weight is 256 g/mol. The van der Waals surface area contributed by atoms with E-state index >= 15 is 0 Å². The van der Waals surface area contributed by atoms with Crippen molar-refractivity contribution in [3.8, 4) is 5.75 Å². The predicted molar refractivity (Wildman–Crippen MR) is 78.5 cm³/mol. The molecule has 1 aromatic carbocycles. The summed E-state index contributed by atoms with van der Waals surface area (Å²) in [5.41, 5.74) is 3.23. The van der Waals surface area contributed by atoms with Crippen LogP contribution < -0.4 is 10.1 Å². The Morgan fingerprint density at radius 1 is 1.21 bits per heavy atom. The lowest BCUT2D eigenvalue weighted by Gasteiger charge is -2.08. The van der Waals surface area contributed by atoms with Crippen molar-refractivity contribution >= 4 is 5.69 Å². The third-order valence-corrected chi connectivity index (χ3v) is 2.77. The summed E-state index contributed by atoms with van der Waals surface area (Å²) in [7, 11) is 0. The number of pyridine rings is 1. The van der Waals surface area contributed by atoms with Crippen molar-refractivity contribution in [3.63, 3.8) is 0 Å². The smallest absolute Gasteiger partial charge is 0.130 e. The lowest BCUT2D eigenvalue weighted by Crippen LogP contribution is -2.03. The van der Waals surface area contributed by atoms with E-state index in [2.05, 4.69) is 30.2 Å². The number of aromatic nitrogens is 1. The van der Waals surface area contributed by atoms with Gasteiger partial charge in [-0.2, -0.15) is 0 Å². The Hall–Kier alpha value is -2.03. The molecule has 19 heavy (non-hydrogen) atoms. The quantitative estimate of drug-likeness (QED) is 0.853. The molecule has 1 heterocycles. The van der Waals surface area contributed by atoms with Crippen molar-refractivity contribution in [2.24, 2.45) is 0 Å². The summed E-state index contributed by atoms with van der Waals surface area (Å²) < 4.78 is 5.74. The molecule has 2 rings (SSSR count). The molecule has 0 amide bonds. The van der Waals surface area contributed by atoms with Gasteiger partial charge in [0, 0.05) is 18.4 Å². The topological polar surface area (TPSA) is 34.2 Å². The Bertz CT molecular complexity index is 526. The number of aryl methyl sites for hydroxylation is 1. The number of rotatable bonds is 6. The molecular formula is C16H20N2O. The van der Waals surface area contributed by atoms with Gasteiger partial charge in [-0.1, -0.05) is 19.1 Å². The van der Waals surface area contributed by atoms with Crippen LogP contribution in [0.4, 0.5) is 5.69 Å². The number of benzene rings is 1. The molecule has 0 spiro atoms. The molecule has 0 saturated carbocycles. The van der Waals surface area contributed by atoms with Crippen LogP contribution in [0.5, 0.6) is 5.75 Å². The van der Waals surface area contributed by atoms with Gasteiger partial charge in [-0.3, -0.25) is 4.98 Å². The molecule has 0 aliphatic carbocycles. The molecule has 0 aliphatic rings. The number of anilines is 1. The highest BCUT2D eigenvalue weighted by Crippen LogP contribution is 2.15. The number of ether oxygens (including phenoxy) is 1. The minimum Gasteiger partial charge on any atom is -0.487 e. The first-order valence-electron chi connectivity index (χ1n) is 6.66. The van der Waals surface area contributed by atoms with Crippen molar-refractivity contribution in [2.75, 3.05) is 11.9 Å². The summed E-state index contributed by atoms with van der Waals surface area (Å²) >= 11 is 0. The van der Waals surface area contributed by atoms with Gasteiger partial charge in [0.25, 0.3) is 0 Å². The van der Waals surface area contributed by atoms with E-state index in [1.54, 1.807) is 0 Å². The van der Waals surface area contributed by atoms with E-state index in [-0.39, 0.29) is 0 Å². The van der Waals surface area contributed by atoms with Crippen LogP contribution in [0.15, 0.2) is 42.6 Å². The van der Waals surface area contributed by atoms with Crippen LogP contribution in [0.1, 0.15) is 24.6 Å². The summed E-state index contributed by atoms with van der Waals surface area (Å²) in [5.74, 6) is 0.883. The molecule has 0 fully saturated rings. The number of hydrogen-bond acceptors (Lipinski definition) is 3. The summed E-state index contributed by atoms with van der Waals surface area (Å²) in [6.45, 7) is 5.67. The van der Waals surface area contributed by atoms with Gasteiger partial charge < -0.3 is 10.1 Å². The van der Waals surface area contributed by atoms with Gasteiger partial charge >= 0.3 is 0 Å². The highest BCUT2D eigenvalue weighted by atomic mass is 16.5. The van der Waals surface area contributed by atoms with Crippen LogP contribution in [0.2, 0.25) is 0 Å².